The fraction of sp³-hybridized carbons (Fsp3) is 0.194. The van der Waals surface area contributed by atoms with E-state index >= 15 is 0 Å². The lowest BCUT2D eigenvalue weighted by atomic mass is 9.80. The smallest absolute Gasteiger partial charge is 0.339 e. The van der Waals surface area contributed by atoms with Gasteiger partial charge < -0.3 is 5.32 Å². The van der Waals surface area contributed by atoms with Crippen LogP contribution in [0.5, 0.6) is 0 Å². The SMILES string of the molecule is C=CS(=O)(=O)NCc1nn(-c2ccccc2)c2c1[C@H](c1ccc(F)cc1)[C@H](NC(=O)c1cccc(C(F)(F)F)c1)C(=O)N2CC. The maximum atomic E-state index is 14.2. The van der Waals surface area contributed by atoms with Gasteiger partial charge in [0.05, 0.1) is 23.5 Å². The van der Waals surface area contributed by atoms with Crippen molar-refractivity contribution in [2.45, 2.75) is 31.6 Å². The summed E-state index contributed by atoms with van der Waals surface area (Å²) in [6.45, 7) is 4.74. The Morgan fingerprint density at radius 1 is 1.04 bits per heavy atom. The zero-order valence-electron chi connectivity index (χ0n) is 23.8. The Morgan fingerprint density at radius 2 is 1.73 bits per heavy atom. The normalized spacial score (nSPS) is 16.7. The van der Waals surface area contributed by atoms with Gasteiger partial charge in [-0.1, -0.05) is 43.0 Å². The largest absolute Gasteiger partial charge is 0.416 e. The van der Waals surface area contributed by atoms with E-state index in [-0.39, 0.29) is 24.3 Å². The number of carbonyl (C=O) groups excluding carboxylic acids is 2. The van der Waals surface area contributed by atoms with E-state index in [1.807, 2.05) is 0 Å². The molecule has 3 aromatic carbocycles. The molecule has 0 saturated heterocycles. The van der Waals surface area contributed by atoms with E-state index in [1.165, 1.54) is 39.9 Å². The molecule has 0 bridgehead atoms. The fourth-order valence-electron chi connectivity index (χ4n) is 5.27. The van der Waals surface area contributed by atoms with Crippen molar-refractivity contribution >= 4 is 27.7 Å². The lowest BCUT2D eigenvalue weighted by molar-refractivity contribution is -0.137. The number of nitrogens with one attached hydrogen (secondary N) is 2. The topological polar surface area (TPSA) is 113 Å². The third kappa shape index (κ3) is 6.37. The second kappa shape index (κ2) is 12.3. The number of halogens is 4. The standard InChI is InChI=1S/C31H27F4N5O4S/c1-3-39-29-26(24(18-36-45(43,44)4-2)38-40(29)23-11-6-5-7-12-23)25(19-13-15-22(32)16-14-19)27(30(39)42)37-28(41)20-9-8-10-21(17-20)31(33,34)35/h4-17,25,27,36H,2-3,18H2,1H3,(H,37,41)/t25-,27-/m0/s1. The summed E-state index contributed by atoms with van der Waals surface area (Å²) >= 11 is 0. The molecule has 0 fully saturated rings. The molecule has 45 heavy (non-hydrogen) atoms. The van der Waals surface area contributed by atoms with Gasteiger partial charge in [-0.2, -0.15) is 18.3 Å². The number of likely N-dealkylation sites (N-methyl/N-ethyl adjacent to an activating group) is 1. The first-order chi connectivity index (χ1) is 21.3. The van der Waals surface area contributed by atoms with Crippen LogP contribution in [0.25, 0.3) is 5.69 Å². The predicted octanol–water partition coefficient (Wildman–Crippen LogP) is 4.89. The van der Waals surface area contributed by atoms with Gasteiger partial charge in [0.25, 0.3) is 11.8 Å². The molecule has 4 aromatic rings. The average Bonchev–Trinajstić information content (AvgIpc) is 3.40. The van der Waals surface area contributed by atoms with Crippen molar-refractivity contribution in [3.63, 3.8) is 0 Å². The number of alkyl halides is 3. The van der Waals surface area contributed by atoms with E-state index in [0.717, 1.165) is 17.5 Å². The number of para-hydroxylation sites is 1. The van der Waals surface area contributed by atoms with E-state index < -0.39 is 51.4 Å². The fourth-order valence-corrected chi connectivity index (χ4v) is 5.73. The minimum absolute atomic E-state index is 0.0915. The number of aromatic nitrogens is 2. The Bertz CT molecular complexity index is 1860. The molecule has 234 valence electrons. The Hall–Kier alpha value is -4.82. The Kier molecular flexibility index (Phi) is 8.63. The number of anilines is 1. The number of nitrogens with zero attached hydrogens (tertiary/aromatic N) is 3. The molecule has 9 nitrogen and oxygen atoms in total. The van der Waals surface area contributed by atoms with E-state index in [0.29, 0.717) is 28.7 Å². The van der Waals surface area contributed by atoms with Crippen LogP contribution in [0.15, 0.2) is 90.8 Å². The molecule has 1 aromatic heterocycles. The van der Waals surface area contributed by atoms with Crippen molar-refractivity contribution in [1.82, 2.24) is 19.8 Å². The number of fused-ring (bicyclic) bond motifs is 1. The molecule has 14 heteroatoms. The Balaban J connectivity index is 1.71. The molecule has 0 saturated carbocycles. The van der Waals surface area contributed by atoms with Crippen LogP contribution in [-0.4, -0.2) is 42.6 Å². The Labute approximate surface area is 256 Å². The van der Waals surface area contributed by atoms with Gasteiger partial charge in [0.2, 0.25) is 10.0 Å². The number of hydrogen-bond donors (Lipinski definition) is 2. The van der Waals surface area contributed by atoms with Gasteiger partial charge in [-0.05, 0) is 55.0 Å². The van der Waals surface area contributed by atoms with Crippen molar-refractivity contribution in [3.8, 4) is 5.69 Å². The summed E-state index contributed by atoms with van der Waals surface area (Å²) in [5.74, 6) is -2.88. The van der Waals surface area contributed by atoms with E-state index in [2.05, 4.69) is 21.7 Å². The molecule has 0 spiro atoms. The Morgan fingerprint density at radius 3 is 2.36 bits per heavy atom. The van der Waals surface area contributed by atoms with Crippen molar-refractivity contribution in [2.24, 2.45) is 0 Å². The first kappa shape index (κ1) is 31.6. The van der Waals surface area contributed by atoms with Gasteiger partial charge in [-0.15, -0.1) is 0 Å². The second-order valence-electron chi connectivity index (χ2n) is 10.1. The summed E-state index contributed by atoms with van der Waals surface area (Å²) in [6.07, 6.45) is -4.71. The minimum atomic E-state index is -4.71. The highest BCUT2D eigenvalue weighted by molar-refractivity contribution is 7.92. The monoisotopic (exact) mass is 641 g/mol. The molecule has 0 aliphatic carbocycles. The second-order valence-corrected chi connectivity index (χ2v) is 11.8. The highest BCUT2D eigenvalue weighted by atomic mass is 32.2. The lowest BCUT2D eigenvalue weighted by Crippen LogP contribution is -2.55. The summed E-state index contributed by atoms with van der Waals surface area (Å²) in [6, 6.07) is 16.3. The number of sulfonamides is 1. The quantitative estimate of drug-likeness (QED) is 0.253. The summed E-state index contributed by atoms with van der Waals surface area (Å²) < 4.78 is 82.8. The maximum absolute atomic E-state index is 14.2. The molecular formula is C31H27F4N5O4S. The van der Waals surface area contributed by atoms with Gasteiger partial charge in [-0.3, -0.25) is 14.5 Å². The van der Waals surface area contributed by atoms with Crippen molar-refractivity contribution in [2.75, 3.05) is 11.4 Å². The first-order valence-corrected chi connectivity index (χ1v) is 15.2. The van der Waals surface area contributed by atoms with E-state index in [1.54, 1.807) is 37.3 Å². The van der Waals surface area contributed by atoms with Gasteiger partial charge in [0.15, 0.2) is 0 Å². The van der Waals surface area contributed by atoms with Crippen molar-refractivity contribution < 1.29 is 35.6 Å². The van der Waals surface area contributed by atoms with Crippen LogP contribution in [-0.2, 0) is 27.5 Å². The summed E-state index contributed by atoms with van der Waals surface area (Å²) in [7, 11) is -3.93. The highest BCUT2D eigenvalue weighted by Crippen LogP contribution is 2.44. The zero-order valence-corrected chi connectivity index (χ0v) is 24.6. The molecule has 2 N–H and O–H groups in total. The molecule has 0 unspecified atom stereocenters. The summed E-state index contributed by atoms with van der Waals surface area (Å²) in [4.78, 5) is 29.0. The van der Waals surface area contributed by atoms with Gasteiger partial charge in [0, 0.05) is 29.0 Å². The van der Waals surface area contributed by atoms with Crippen LogP contribution in [0.4, 0.5) is 23.4 Å². The summed E-state index contributed by atoms with van der Waals surface area (Å²) in [5.41, 5.74) is 0.0893. The van der Waals surface area contributed by atoms with Crippen LogP contribution >= 0.6 is 0 Å². The number of amides is 2. The number of rotatable bonds is 9. The third-order valence-corrected chi connectivity index (χ3v) is 8.34. The number of carbonyl (C=O) groups is 2. The average molecular weight is 642 g/mol. The van der Waals surface area contributed by atoms with E-state index in [9.17, 15) is 35.6 Å². The molecule has 1 aliphatic rings. The molecule has 2 amide bonds. The molecule has 0 radical (unpaired) electrons. The van der Waals surface area contributed by atoms with Crippen LogP contribution in [0.3, 0.4) is 0 Å². The lowest BCUT2D eigenvalue weighted by Gasteiger charge is -2.38. The van der Waals surface area contributed by atoms with Crippen LogP contribution in [0.2, 0.25) is 0 Å². The van der Waals surface area contributed by atoms with E-state index in [4.69, 9.17) is 0 Å². The molecule has 1 aliphatic heterocycles. The molecule has 2 heterocycles. The number of benzene rings is 3. The predicted molar refractivity (Wildman–Crippen MR) is 158 cm³/mol. The van der Waals surface area contributed by atoms with Crippen LogP contribution in [0, 0.1) is 5.82 Å². The molecular weight excluding hydrogens is 614 g/mol. The zero-order chi connectivity index (χ0) is 32.5. The van der Waals surface area contributed by atoms with Crippen LogP contribution in [0.1, 0.15) is 45.6 Å². The van der Waals surface area contributed by atoms with Gasteiger partial charge in [0.1, 0.15) is 17.7 Å². The first-order valence-electron chi connectivity index (χ1n) is 13.7. The highest BCUT2D eigenvalue weighted by Gasteiger charge is 2.46. The molecule has 2 atom stereocenters. The summed E-state index contributed by atoms with van der Waals surface area (Å²) in [5, 5.41) is 8.02. The van der Waals surface area contributed by atoms with Crippen LogP contribution < -0.4 is 14.9 Å². The molecule has 5 rings (SSSR count). The number of hydrogen-bond acceptors (Lipinski definition) is 5. The maximum Gasteiger partial charge on any atom is 0.416 e. The van der Waals surface area contributed by atoms with Gasteiger partial charge in [-0.25, -0.2) is 22.2 Å². The third-order valence-electron chi connectivity index (χ3n) is 7.35. The van der Waals surface area contributed by atoms with Gasteiger partial charge >= 0.3 is 6.18 Å². The minimum Gasteiger partial charge on any atom is -0.339 e. The van der Waals surface area contributed by atoms with Crippen molar-refractivity contribution in [3.05, 3.63) is 125 Å². The van der Waals surface area contributed by atoms with Crippen molar-refractivity contribution in [1.29, 1.82) is 0 Å².